The summed E-state index contributed by atoms with van der Waals surface area (Å²) in [6.07, 6.45) is -0.722. The van der Waals surface area contributed by atoms with E-state index in [1.54, 1.807) is 24.3 Å². The van der Waals surface area contributed by atoms with Gasteiger partial charge in [-0.05, 0) is 11.1 Å². The van der Waals surface area contributed by atoms with Crippen LogP contribution < -0.4 is 0 Å². The summed E-state index contributed by atoms with van der Waals surface area (Å²) in [5.41, 5.74) is 1.53. The molecule has 1 unspecified atom stereocenters. The topological polar surface area (TPSA) is 63.6 Å². The van der Waals surface area contributed by atoms with Gasteiger partial charge in [0.1, 0.15) is 6.61 Å². The Labute approximate surface area is 129 Å². The van der Waals surface area contributed by atoms with Crippen LogP contribution >= 0.6 is 11.8 Å². The van der Waals surface area contributed by atoms with Gasteiger partial charge < -0.3 is 9.84 Å². The van der Waals surface area contributed by atoms with Crippen LogP contribution in [0.4, 0.5) is 0 Å². The number of benzene rings is 1. The van der Waals surface area contributed by atoms with E-state index in [1.807, 2.05) is 20.8 Å². The Bertz CT molecular complexity index is 488. The Hall–Kier alpha value is -1.33. The fraction of sp³-hybridized carbons (Fsp3) is 0.500. The predicted octanol–water partition coefficient (Wildman–Crippen LogP) is 3.23. The van der Waals surface area contributed by atoms with Crippen molar-refractivity contribution in [3.63, 3.8) is 0 Å². The first-order valence-electron chi connectivity index (χ1n) is 6.79. The van der Waals surface area contributed by atoms with Gasteiger partial charge in [0.15, 0.2) is 5.12 Å². The van der Waals surface area contributed by atoms with E-state index in [0.717, 1.165) is 5.56 Å². The molecule has 1 aromatic rings. The third kappa shape index (κ3) is 7.29. The van der Waals surface area contributed by atoms with Crippen LogP contribution in [0.25, 0.3) is 0 Å². The van der Waals surface area contributed by atoms with Gasteiger partial charge >= 0.3 is 5.97 Å². The molecule has 0 spiro atoms. The molecular formula is C16H22O4S. The van der Waals surface area contributed by atoms with Crippen molar-refractivity contribution in [2.75, 3.05) is 0 Å². The van der Waals surface area contributed by atoms with Crippen molar-refractivity contribution < 1.29 is 19.4 Å². The van der Waals surface area contributed by atoms with E-state index in [1.165, 1.54) is 18.7 Å². The molecule has 0 aliphatic carbocycles. The molecule has 1 atom stereocenters. The highest BCUT2D eigenvalue weighted by molar-refractivity contribution is 8.14. The normalized spacial score (nSPS) is 12.8. The summed E-state index contributed by atoms with van der Waals surface area (Å²) in [6, 6.07) is 7.06. The molecular weight excluding hydrogens is 288 g/mol. The molecule has 0 aliphatic rings. The number of ether oxygens (including phenoxy) is 1. The maximum Gasteiger partial charge on any atom is 0.302 e. The van der Waals surface area contributed by atoms with Crippen molar-refractivity contribution in [1.29, 1.82) is 0 Å². The number of carbonyl (C=O) groups is 2. The molecule has 21 heavy (non-hydrogen) atoms. The lowest BCUT2D eigenvalue weighted by molar-refractivity contribution is -0.142. The molecule has 0 fully saturated rings. The van der Waals surface area contributed by atoms with E-state index in [2.05, 4.69) is 0 Å². The van der Waals surface area contributed by atoms with Crippen molar-refractivity contribution >= 4 is 22.8 Å². The highest BCUT2D eigenvalue weighted by atomic mass is 32.2. The van der Waals surface area contributed by atoms with E-state index >= 15 is 0 Å². The minimum absolute atomic E-state index is 0.0287. The maximum atomic E-state index is 11.8. The van der Waals surface area contributed by atoms with Crippen LogP contribution in [0.5, 0.6) is 0 Å². The van der Waals surface area contributed by atoms with Crippen molar-refractivity contribution in [3.8, 4) is 0 Å². The zero-order valence-electron chi connectivity index (χ0n) is 12.9. The van der Waals surface area contributed by atoms with E-state index in [0.29, 0.717) is 5.56 Å². The lowest BCUT2D eigenvalue weighted by atomic mass is 10.1. The van der Waals surface area contributed by atoms with Gasteiger partial charge in [0, 0.05) is 18.1 Å². The number of hydrogen-bond donors (Lipinski definition) is 1. The number of aliphatic hydroxyl groups is 1. The first kappa shape index (κ1) is 17.7. The quantitative estimate of drug-likeness (QED) is 0.846. The third-order valence-corrected chi connectivity index (χ3v) is 3.59. The molecule has 0 radical (unpaired) electrons. The summed E-state index contributed by atoms with van der Waals surface area (Å²) in [6.45, 7) is 7.46. The van der Waals surface area contributed by atoms with Crippen molar-refractivity contribution in [2.24, 2.45) is 0 Å². The van der Waals surface area contributed by atoms with Gasteiger partial charge in [0.05, 0.1) is 6.10 Å². The maximum absolute atomic E-state index is 11.8. The molecule has 0 saturated heterocycles. The monoisotopic (exact) mass is 310 g/mol. The minimum atomic E-state index is -0.810. The molecule has 0 amide bonds. The first-order valence-corrected chi connectivity index (χ1v) is 7.61. The van der Waals surface area contributed by atoms with Crippen molar-refractivity contribution in [3.05, 3.63) is 35.4 Å². The lowest BCUT2D eigenvalue weighted by Gasteiger charge is -2.17. The Morgan fingerprint density at radius 1 is 1.24 bits per heavy atom. The number of esters is 1. The van der Waals surface area contributed by atoms with Crippen LogP contribution in [-0.2, 0) is 20.9 Å². The molecule has 0 bridgehead atoms. The predicted molar refractivity (Wildman–Crippen MR) is 83.8 cm³/mol. The number of carbonyl (C=O) groups excluding carboxylic acids is 2. The molecule has 1 aromatic carbocycles. The number of thioether (sulfide) groups is 1. The second-order valence-corrected chi connectivity index (χ2v) is 7.71. The first-order chi connectivity index (χ1) is 9.67. The van der Waals surface area contributed by atoms with Gasteiger partial charge in [0.2, 0.25) is 0 Å². The molecule has 0 heterocycles. The van der Waals surface area contributed by atoms with E-state index in [-0.39, 0.29) is 28.9 Å². The Balaban J connectivity index is 2.56. The van der Waals surface area contributed by atoms with Crippen LogP contribution in [0.3, 0.4) is 0 Å². The summed E-state index contributed by atoms with van der Waals surface area (Å²) >= 11 is 1.24. The summed E-state index contributed by atoms with van der Waals surface area (Å²) in [5.74, 6) is -0.330. The molecule has 1 rings (SSSR count). The van der Waals surface area contributed by atoms with Gasteiger partial charge in [-0.25, -0.2) is 0 Å². The van der Waals surface area contributed by atoms with Gasteiger partial charge in [-0.3, -0.25) is 9.59 Å². The van der Waals surface area contributed by atoms with Gasteiger partial charge in [0.25, 0.3) is 0 Å². The van der Waals surface area contributed by atoms with Crippen molar-refractivity contribution in [1.82, 2.24) is 0 Å². The smallest absolute Gasteiger partial charge is 0.302 e. The second kappa shape index (κ2) is 7.61. The fourth-order valence-corrected chi connectivity index (χ4v) is 2.60. The molecule has 5 heteroatoms. The second-order valence-electron chi connectivity index (χ2n) is 5.83. The van der Waals surface area contributed by atoms with Gasteiger partial charge in [-0.1, -0.05) is 56.8 Å². The summed E-state index contributed by atoms with van der Waals surface area (Å²) < 4.78 is 4.74. The van der Waals surface area contributed by atoms with Gasteiger partial charge in [-0.2, -0.15) is 0 Å². The average molecular weight is 310 g/mol. The molecule has 0 aliphatic heterocycles. The molecule has 1 N–H and O–H groups in total. The van der Waals surface area contributed by atoms with E-state index in [4.69, 9.17) is 4.74 Å². The highest BCUT2D eigenvalue weighted by Gasteiger charge is 2.20. The SMILES string of the molecule is CC(=O)OCc1ccc(C(O)CC(=O)SC(C)(C)C)cc1. The van der Waals surface area contributed by atoms with E-state index in [9.17, 15) is 14.7 Å². The number of aliphatic hydroxyl groups excluding tert-OH is 1. The summed E-state index contributed by atoms with van der Waals surface area (Å²) in [4.78, 5) is 22.6. The standard InChI is InChI=1S/C16H22O4S/c1-11(17)20-10-12-5-7-13(8-6-12)14(18)9-15(19)21-16(2,3)4/h5-8,14,18H,9-10H2,1-4H3. The summed E-state index contributed by atoms with van der Waals surface area (Å²) in [7, 11) is 0. The van der Waals surface area contributed by atoms with Crippen molar-refractivity contribution in [2.45, 2.75) is 51.6 Å². The van der Waals surface area contributed by atoms with Crippen LogP contribution in [0.15, 0.2) is 24.3 Å². The molecule has 0 saturated carbocycles. The average Bonchev–Trinajstić information content (AvgIpc) is 2.34. The van der Waals surface area contributed by atoms with Crippen LogP contribution in [0.2, 0.25) is 0 Å². The van der Waals surface area contributed by atoms with Gasteiger partial charge in [-0.15, -0.1) is 0 Å². The van der Waals surface area contributed by atoms with Crippen LogP contribution in [0.1, 0.15) is 51.3 Å². The Morgan fingerprint density at radius 2 is 1.81 bits per heavy atom. The zero-order valence-corrected chi connectivity index (χ0v) is 13.7. The van der Waals surface area contributed by atoms with Crippen LogP contribution in [0, 0.1) is 0 Å². The molecule has 4 nitrogen and oxygen atoms in total. The fourth-order valence-electron chi connectivity index (χ4n) is 1.68. The van der Waals surface area contributed by atoms with E-state index < -0.39 is 6.10 Å². The van der Waals surface area contributed by atoms with Crippen LogP contribution in [-0.4, -0.2) is 20.9 Å². The summed E-state index contributed by atoms with van der Waals surface area (Å²) in [5, 5.41) is 10.0. The third-order valence-electron chi connectivity index (χ3n) is 2.59. The number of hydrogen-bond acceptors (Lipinski definition) is 5. The molecule has 0 aromatic heterocycles. The number of rotatable bonds is 5. The largest absolute Gasteiger partial charge is 0.461 e. The molecule has 116 valence electrons. The lowest BCUT2D eigenvalue weighted by Crippen LogP contribution is -2.14. The highest BCUT2D eigenvalue weighted by Crippen LogP contribution is 2.28. The minimum Gasteiger partial charge on any atom is -0.461 e. The Kier molecular flexibility index (Phi) is 6.42. The zero-order chi connectivity index (χ0) is 16.0. The Morgan fingerprint density at radius 3 is 2.29 bits per heavy atom.